The highest BCUT2D eigenvalue weighted by Crippen LogP contribution is 2.29. The van der Waals surface area contributed by atoms with E-state index in [9.17, 15) is 15.0 Å². The summed E-state index contributed by atoms with van der Waals surface area (Å²) in [5, 5.41) is 19.7. The largest absolute Gasteiger partial charge is 0.475 e. The Morgan fingerprint density at radius 1 is 1.33 bits per heavy atom. The second kappa shape index (κ2) is 5.87. The van der Waals surface area contributed by atoms with Crippen LogP contribution in [0.1, 0.15) is 35.4 Å². The normalized spacial score (nSPS) is 20.0. The molecule has 0 saturated carbocycles. The zero-order chi connectivity index (χ0) is 14.8. The maximum atomic E-state index is 11.4. The van der Waals surface area contributed by atoms with Crippen molar-refractivity contribution in [1.29, 1.82) is 0 Å². The predicted molar refractivity (Wildman–Crippen MR) is 78.3 cm³/mol. The second-order valence-electron chi connectivity index (χ2n) is 5.51. The average Bonchev–Trinajstić information content (AvgIpc) is 2.87. The molecule has 1 fully saturated rings. The summed E-state index contributed by atoms with van der Waals surface area (Å²) in [7, 11) is 0. The van der Waals surface area contributed by atoms with E-state index in [1.807, 2.05) is 18.2 Å². The monoisotopic (exact) mass is 289 g/mol. The highest BCUT2D eigenvalue weighted by atomic mass is 16.4. The lowest BCUT2D eigenvalue weighted by Gasteiger charge is -2.34. The van der Waals surface area contributed by atoms with Crippen molar-refractivity contribution >= 4 is 16.9 Å². The number of benzene rings is 1. The predicted octanol–water partition coefficient (Wildman–Crippen LogP) is 2.48. The number of piperidine rings is 1. The molecule has 112 valence electrons. The Morgan fingerprint density at radius 2 is 2.14 bits per heavy atom. The van der Waals surface area contributed by atoms with Crippen molar-refractivity contribution in [2.75, 3.05) is 13.2 Å². The first-order valence-corrected chi connectivity index (χ1v) is 7.29. The van der Waals surface area contributed by atoms with E-state index < -0.39 is 5.97 Å². The molecule has 5 nitrogen and oxygen atoms in total. The Hall–Kier alpha value is -1.85. The van der Waals surface area contributed by atoms with Gasteiger partial charge < -0.3 is 14.6 Å². The van der Waals surface area contributed by atoms with Crippen LogP contribution in [0.25, 0.3) is 11.0 Å². The zero-order valence-electron chi connectivity index (χ0n) is 11.8. The summed E-state index contributed by atoms with van der Waals surface area (Å²) in [4.78, 5) is 13.6. The van der Waals surface area contributed by atoms with Crippen molar-refractivity contribution in [3.63, 3.8) is 0 Å². The van der Waals surface area contributed by atoms with Gasteiger partial charge in [-0.2, -0.15) is 0 Å². The molecule has 1 atom stereocenters. The van der Waals surface area contributed by atoms with E-state index in [-0.39, 0.29) is 18.4 Å². The standard InChI is InChI=1S/C16H19NO4/c18-10-11-5-3-4-8-17(11)9-13-12-6-1-2-7-14(12)21-15(13)16(19)20/h1-2,6-7,11,18H,3-5,8-10H2,(H,19,20). The highest BCUT2D eigenvalue weighted by molar-refractivity contribution is 5.95. The Kier molecular flexibility index (Phi) is 3.94. The van der Waals surface area contributed by atoms with Gasteiger partial charge in [-0.15, -0.1) is 0 Å². The summed E-state index contributed by atoms with van der Waals surface area (Å²) in [6, 6.07) is 7.49. The zero-order valence-corrected chi connectivity index (χ0v) is 11.8. The molecule has 0 radical (unpaired) electrons. The minimum Gasteiger partial charge on any atom is -0.475 e. The van der Waals surface area contributed by atoms with Gasteiger partial charge in [0.25, 0.3) is 0 Å². The van der Waals surface area contributed by atoms with Gasteiger partial charge in [0, 0.05) is 23.5 Å². The fraction of sp³-hybridized carbons (Fsp3) is 0.438. The molecule has 2 aromatic rings. The molecule has 0 aliphatic carbocycles. The molecule has 0 amide bonds. The highest BCUT2D eigenvalue weighted by Gasteiger charge is 2.26. The average molecular weight is 289 g/mol. The summed E-state index contributed by atoms with van der Waals surface area (Å²) in [5.74, 6) is -1.03. The number of nitrogens with zero attached hydrogens (tertiary/aromatic N) is 1. The molecule has 0 spiro atoms. The third-order valence-corrected chi connectivity index (χ3v) is 4.21. The first-order valence-electron chi connectivity index (χ1n) is 7.29. The van der Waals surface area contributed by atoms with Crippen LogP contribution < -0.4 is 0 Å². The number of para-hydroxylation sites is 1. The number of hydrogen-bond donors (Lipinski definition) is 2. The number of carbonyl (C=O) groups is 1. The van der Waals surface area contributed by atoms with Crippen molar-refractivity contribution in [1.82, 2.24) is 4.90 Å². The van der Waals surface area contributed by atoms with Crippen LogP contribution in [0.4, 0.5) is 0 Å². The van der Waals surface area contributed by atoms with Gasteiger partial charge in [-0.3, -0.25) is 4.90 Å². The number of rotatable bonds is 4. The number of aliphatic hydroxyl groups excluding tert-OH is 1. The Labute approximate surface area is 122 Å². The van der Waals surface area contributed by atoms with Gasteiger partial charge >= 0.3 is 5.97 Å². The number of hydrogen-bond acceptors (Lipinski definition) is 4. The SMILES string of the molecule is O=C(O)c1oc2ccccc2c1CN1CCCCC1CO. The van der Waals surface area contributed by atoms with Crippen LogP contribution in [-0.4, -0.2) is 40.3 Å². The molecular weight excluding hydrogens is 270 g/mol. The molecule has 0 bridgehead atoms. The molecular formula is C16H19NO4. The minimum absolute atomic E-state index is 0.0125. The van der Waals surface area contributed by atoms with Gasteiger partial charge in [-0.05, 0) is 25.5 Å². The van der Waals surface area contributed by atoms with Gasteiger partial charge in [-0.1, -0.05) is 24.6 Å². The topological polar surface area (TPSA) is 73.9 Å². The van der Waals surface area contributed by atoms with Crippen LogP contribution in [0.5, 0.6) is 0 Å². The van der Waals surface area contributed by atoms with Gasteiger partial charge in [0.15, 0.2) is 0 Å². The molecule has 5 heteroatoms. The molecule has 1 saturated heterocycles. The quantitative estimate of drug-likeness (QED) is 0.904. The number of furan rings is 1. The molecule has 1 aromatic carbocycles. The summed E-state index contributed by atoms with van der Waals surface area (Å²) in [5.41, 5.74) is 1.31. The molecule has 2 heterocycles. The van der Waals surface area contributed by atoms with Crippen molar-refractivity contribution < 1.29 is 19.4 Å². The van der Waals surface area contributed by atoms with E-state index in [4.69, 9.17) is 4.42 Å². The first-order chi connectivity index (χ1) is 10.2. The van der Waals surface area contributed by atoms with Gasteiger partial charge in [-0.25, -0.2) is 4.79 Å². The van der Waals surface area contributed by atoms with E-state index in [0.29, 0.717) is 17.7 Å². The van der Waals surface area contributed by atoms with Crippen LogP contribution in [0.3, 0.4) is 0 Å². The third kappa shape index (κ3) is 2.66. The Morgan fingerprint density at radius 3 is 2.90 bits per heavy atom. The third-order valence-electron chi connectivity index (χ3n) is 4.21. The molecule has 3 rings (SSSR count). The number of likely N-dealkylation sites (tertiary alicyclic amines) is 1. The van der Waals surface area contributed by atoms with Crippen LogP contribution >= 0.6 is 0 Å². The maximum absolute atomic E-state index is 11.4. The van der Waals surface area contributed by atoms with E-state index in [0.717, 1.165) is 31.2 Å². The fourth-order valence-electron chi connectivity index (χ4n) is 3.11. The van der Waals surface area contributed by atoms with Crippen LogP contribution in [0, 0.1) is 0 Å². The molecule has 1 aromatic heterocycles. The second-order valence-corrected chi connectivity index (χ2v) is 5.51. The lowest BCUT2D eigenvalue weighted by atomic mass is 10.0. The number of fused-ring (bicyclic) bond motifs is 1. The van der Waals surface area contributed by atoms with E-state index in [1.54, 1.807) is 6.07 Å². The Bertz CT molecular complexity index is 649. The van der Waals surface area contributed by atoms with Gasteiger partial charge in [0.2, 0.25) is 5.76 Å². The van der Waals surface area contributed by atoms with E-state index >= 15 is 0 Å². The summed E-state index contributed by atoms with van der Waals surface area (Å²) < 4.78 is 5.48. The Balaban J connectivity index is 1.98. The van der Waals surface area contributed by atoms with Crippen molar-refractivity contribution in [3.8, 4) is 0 Å². The minimum atomic E-state index is -1.04. The van der Waals surface area contributed by atoms with Crippen LogP contribution in [0.15, 0.2) is 28.7 Å². The summed E-state index contributed by atoms with van der Waals surface area (Å²) in [6.45, 7) is 1.49. The van der Waals surface area contributed by atoms with E-state index in [2.05, 4.69) is 4.90 Å². The van der Waals surface area contributed by atoms with E-state index in [1.165, 1.54) is 0 Å². The lowest BCUT2D eigenvalue weighted by Crippen LogP contribution is -2.41. The molecule has 1 aliphatic rings. The first kappa shape index (κ1) is 14.1. The maximum Gasteiger partial charge on any atom is 0.372 e. The van der Waals surface area contributed by atoms with Gasteiger partial charge in [0.1, 0.15) is 5.58 Å². The molecule has 2 N–H and O–H groups in total. The fourth-order valence-corrected chi connectivity index (χ4v) is 3.11. The number of carboxylic acid groups (broad SMARTS) is 1. The van der Waals surface area contributed by atoms with Gasteiger partial charge in [0.05, 0.1) is 6.61 Å². The number of aliphatic hydroxyl groups is 1. The van der Waals surface area contributed by atoms with Crippen molar-refractivity contribution in [2.24, 2.45) is 0 Å². The molecule has 1 aliphatic heterocycles. The van der Waals surface area contributed by atoms with Crippen LogP contribution in [0.2, 0.25) is 0 Å². The summed E-state index contributed by atoms with van der Waals surface area (Å²) in [6.07, 6.45) is 3.14. The number of carboxylic acids is 1. The van der Waals surface area contributed by atoms with Crippen molar-refractivity contribution in [3.05, 3.63) is 35.6 Å². The lowest BCUT2D eigenvalue weighted by molar-refractivity contribution is 0.0651. The smallest absolute Gasteiger partial charge is 0.372 e. The molecule has 1 unspecified atom stereocenters. The van der Waals surface area contributed by atoms with Crippen molar-refractivity contribution in [2.45, 2.75) is 31.8 Å². The van der Waals surface area contributed by atoms with Crippen LogP contribution in [-0.2, 0) is 6.54 Å². The summed E-state index contributed by atoms with van der Waals surface area (Å²) >= 11 is 0. The molecule has 21 heavy (non-hydrogen) atoms. The number of aromatic carboxylic acids is 1.